The fourth-order valence-electron chi connectivity index (χ4n) is 2.80. The molecule has 1 N–H and O–H groups in total. The highest BCUT2D eigenvalue weighted by molar-refractivity contribution is 5.93. The number of hydrogen-bond acceptors (Lipinski definition) is 6. The van der Waals surface area contributed by atoms with Crippen LogP contribution in [-0.2, 0) is 11.2 Å². The molecule has 1 fully saturated rings. The van der Waals surface area contributed by atoms with Gasteiger partial charge in [-0.3, -0.25) is 9.78 Å². The first-order valence-electron chi connectivity index (χ1n) is 8.02. The molecule has 0 radical (unpaired) electrons. The second kappa shape index (κ2) is 7.83. The number of carbonyl (C=O) groups is 1. The zero-order valence-corrected chi connectivity index (χ0v) is 13.7. The maximum Gasteiger partial charge on any atom is 0.255 e. The number of nitrogens with zero attached hydrogens (tertiary/aromatic N) is 4. The second-order valence-electron chi connectivity index (χ2n) is 5.78. The van der Waals surface area contributed by atoms with Crippen molar-refractivity contribution in [3.8, 4) is 0 Å². The summed E-state index contributed by atoms with van der Waals surface area (Å²) in [5, 5.41) is 3.01. The van der Waals surface area contributed by atoms with Gasteiger partial charge in [0.2, 0.25) is 0 Å². The van der Waals surface area contributed by atoms with E-state index in [1.807, 2.05) is 18.0 Å². The molecule has 2 aromatic rings. The Kier molecular flexibility index (Phi) is 5.32. The van der Waals surface area contributed by atoms with E-state index in [1.54, 1.807) is 30.9 Å². The summed E-state index contributed by atoms with van der Waals surface area (Å²) >= 11 is 0. The molecule has 0 bridgehead atoms. The van der Waals surface area contributed by atoms with E-state index in [4.69, 9.17) is 4.74 Å². The van der Waals surface area contributed by atoms with Gasteiger partial charge in [0.05, 0.1) is 18.8 Å². The average molecular weight is 327 g/mol. The smallest absolute Gasteiger partial charge is 0.255 e. The molecule has 0 saturated carbocycles. The van der Waals surface area contributed by atoms with Gasteiger partial charge in [0.1, 0.15) is 12.1 Å². The molecule has 1 amide bonds. The SMILES string of the molecule is CNc1cc(C[C@@H]2COCCN(C(=O)c3cccnc3)C2)ncn1. The third-order valence-corrected chi connectivity index (χ3v) is 4.01. The van der Waals surface area contributed by atoms with Crippen LogP contribution in [-0.4, -0.2) is 59.1 Å². The van der Waals surface area contributed by atoms with Crippen LogP contribution < -0.4 is 5.32 Å². The maximum atomic E-state index is 12.6. The van der Waals surface area contributed by atoms with Crippen molar-refractivity contribution in [1.82, 2.24) is 19.9 Å². The highest BCUT2D eigenvalue weighted by Crippen LogP contribution is 2.16. The van der Waals surface area contributed by atoms with Crippen LogP contribution in [0.4, 0.5) is 5.82 Å². The monoisotopic (exact) mass is 327 g/mol. The van der Waals surface area contributed by atoms with Crippen LogP contribution in [0.2, 0.25) is 0 Å². The number of ether oxygens (including phenoxy) is 1. The van der Waals surface area contributed by atoms with Gasteiger partial charge in [-0.1, -0.05) is 0 Å². The Hall–Kier alpha value is -2.54. The summed E-state index contributed by atoms with van der Waals surface area (Å²) in [7, 11) is 1.83. The number of rotatable bonds is 4. The quantitative estimate of drug-likeness (QED) is 0.910. The largest absolute Gasteiger partial charge is 0.379 e. The Labute approximate surface area is 141 Å². The molecule has 3 heterocycles. The van der Waals surface area contributed by atoms with Crippen LogP contribution in [0.15, 0.2) is 36.9 Å². The Morgan fingerprint density at radius 2 is 2.38 bits per heavy atom. The molecule has 1 aliphatic rings. The van der Waals surface area contributed by atoms with E-state index in [9.17, 15) is 4.79 Å². The standard InChI is InChI=1S/C17H21N5O2/c1-18-16-8-15(20-12-21-16)7-13-10-22(5-6-24-11-13)17(23)14-3-2-4-19-9-14/h2-4,8-9,12-13H,5-7,10-11H2,1H3,(H,18,20,21)/t13-/m0/s1. The van der Waals surface area contributed by atoms with Crippen molar-refractivity contribution in [2.75, 3.05) is 38.7 Å². The summed E-state index contributed by atoms with van der Waals surface area (Å²) in [5.41, 5.74) is 1.55. The van der Waals surface area contributed by atoms with E-state index in [1.165, 1.54) is 0 Å². The molecule has 7 nitrogen and oxygen atoms in total. The van der Waals surface area contributed by atoms with E-state index >= 15 is 0 Å². The zero-order chi connectivity index (χ0) is 16.8. The minimum absolute atomic E-state index is 0.00259. The van der Waals surface area contributed by atoms with Crippen LogP contribution in [0, 0.1) is 5.92 Å². The molecular weight excluding hydrogens is 306 g/mol. The topological polar surface area (TPSA) is 80.2 Å². The van der Waals surface area contributed by atoms with Crippen LogP contribution in [0.5, 0.6) is 0 Å². The molecule has 0 spiro atoms. The van der Waals surface area contributed by atoms with Crippen molar-refractivity contribution in [3.05, 3.63) is 48.2 Å². The molecule has 1 saturated heterocycles. The van der Waals surface area contributed by atoms with Gasteiger partial charge in [0, 0.05) is 50.2 Å². The van der Waals surface area contributed by atoms with Crippen molar-refractivity contribution in [3.63, 3.8) is 0 Å². The van der Waals surface area contributed by atoms with Crippen molar-refractivity contribution in [1.29, 1.82) is 0 Å². The summed E-state index contributed by atoms with van der Waals surface area (Å²) in [5.74, 6) is 0.989. The second-order valence-corrected chi connectivity index (χ2v) is 5.78. The van der Waals surface area contributed by atoms with Crippen molar-refractivity contribution < 1.29 is 9.53 Å². The van der Waals surface area contributed by atoms with Crippen molar-refractivity contribution >= 4 is 11.7 Å². The molecule has 2 aromatic heterocycles. The van der Waals surface area contributed by atoms with Crippen molar-refractivity contribution in [2.24, 2.45) is 5.92 Å². The van der Waals surface area contributed by atoms with Gasteiger partial charge in [0.15, 0.2) is 0 Å². The highest BCUT2D eigenvalue weighted by Gasteiger charge is 2.24. The number of pyridine rings is 1. The number of anilines is 1. The number of aromatic nitrogens is 3. The van der Waals surface area contributed by atoms with E-state index in [2.05, 4.69) is 20.3 Å². The summed E-state index contributed by atoms with van der Waals surface area (Å²) in [6.45, 7) is 2.41. The fourth-order valence-corrected chi connectivity index (χ4v) is 2.80. The third-order valence-electron chi connectivity index (χ3n) is 4.01. The van der Waals surface area contributed by atoms with E-state index in [-0.39, 0.29) is 11.8 Å². The van der Waals surface area contributed by atoms with Crippen LogP contribution in [0.1, 0.15) is 16.1 Å². The molecule has 0 unspecified atom stereocenters. The minimum Gasteiger partial charge on any atom is -0.379 e. The molecule has 1 atom stereocenters. The van der Waals surface area contributed by atoms with Gasteiger partial charge in [-0.15, -0.1) is 0 Å². The lowest BCUT2D eigenvalue weighted by atomic mass is 10.0. The first kappa shape index (κ1) is 16.3. The predicted molar refractivity (Wildman–Crippen MR) is 89.7 cm³/mol. The van der Waals surface area contributed by atoms with Gasteiger partial charge >= 0.3 is 0 Å². The van der Waals surface area contributed by atoms with Gasteiger partial charge in [-0.25, -0.2) is 9.97 Å². The lowest BCUT2D eigenvalue weighted by molar-refractivity contribution is 0.0737. The lowest BCUT2D eigenvalue weighted by Gasteiger charge is -2.23. The molecule has 24 heavy (non-hydrogen) atoms. The summed E-state index contributed by atoms with van der Waals surface area (Å²) in [6, 6.07) is 5.50. The summed E-state index contributed by atoms with van der Waals surface area (Å²) in [6.07, 6.45) is 5.57. The molecule has 0 aliphatic carbocycles. The highest BCUT2D eigenvalue weighted by atomic mass is 16.5. The number of hydrogen-bond donors (Lipinski definition) is 1. The Morgan fingerprint density at radius 3 is 3.17 bits per heavy atom. The van der Waals surface area contributed by atoms with Crippen molar-refractivity contribution in [2.45, 2.75) is 6.42 Å². The molecule has 3 rings (SSSR count). The molecule has 0 aromatic carbocycles. The minimum atomic E-state index is -0.00259. The first-order chi connectivity index (χ1) is 11.8. The molecule has 7 heteroatoms. The Bertz CT molecular complexity index is 680. The summed E-state index contributed by atoms with van der Waals surface area (Å²) < 4.78 is 5.68. The normalized spacial score (nSPS) is 18.0. The van der Waals surface area contributed by atoms with E-state index in [0.717, 1.165) is 17.9 Å². The van der Waals surface area contributed by atoms with Crippen LogP contribution in [0.25, 0.3) is 0 Å². The average Bonchev–Trinajstić information content (AvgIpc) is 2.87. The van der Waals surface area contributed by atoms with Gasteiger partial charge in [-0.2, -0.15) is 0 Å². The van der Waals surface area contributed by atoms with E-state index < -0.39 is 0 Å². The van der Waals surface area contributed by atoms with Gasteiger partial charge < -0.3 is 15.0 Å². The van der Waals surface area contributed by atoms with Gasteiger partial charge in [0.25, 0.3) is 5.91 Å². The fraction of sp³-hybridized carbons (Fsp3) is 0.412. The Morgan fingerprint density at radius 1 is 1.46 bits per heavy atom. The Balaban J connectivity index is 1.69. The number of nitrogens with one attached hydrogen (secondary N) is 1. The first-order valence-corrected chi connectivity index (χ1v) is 8.02. The molecule has 126 valence electrons. The summed E-state index contributed by atoms with van der Waals surface area (Å²) in [4.78, 5) is 27.0. The third kappa shape index (κ3) is 4.05. The van der Waals surface area contributed by atoms with Gasteiger partial charge in [-0.05, 0) is 18.6 Å². The van der Waals surface area contributed by atoms with E-state index in [0.29, 0.717) is 31.9 Å². The maximum absolute atomic E-state index is 12.6. The number of amides is 1. The molecule has 1 aliphatic heterocycles. The number of carbonyl (C=O) groups excluding carboxylic acids is 1. The predicted octanol–water partition coefficient (Wildman–Crippen LogP) is 1.24. The zero-order valence-electron chi connectivity index (χ0n) is 13.7. The lowest BCUT2D eigenvalue weighted by Crippen LogP contribution is -2.36. The molecular formula is C17H21N5O2. The van der Waals surface area contributed by atoms with Crippen LogP contribution in [0.3, 0.4) is 0 Å². The van der Waals surface area contributed by atoms with Crippen LogP contribution >= 0.6 is 0 Å².